The number of hydrogen-bond donors (Lipinski definition) is 1. The Morgan fingerprint density at radius 1 is 1.14 bits per heavy atom. The second-order valence-electron chi connectivity index (χ2n) is 7.01. The van der Waals surface area contributed by atoms with Crippen molar-refractivity contribution in [1.82, 2.24) is 9.62 Å². The molecule has 0 saturated carbocycles. The molecule has 0 bridgehead atoms. The first kappa shape index (κ1) is 19.0. The van der Waals surface area contributed by atoms with E-state index in [1.807, 2.05) is 37.4 Å². The normalized spacial score (nSPS) is 16.1. The summed E-state index contributed by atoms with van der Waals surface area (Å²) >= 11 is 0. The first-order valence-electron chi connectivity index (χ1n) is 9.24. The number of fused-ring (bicyclic) bond motifs is 2. The molecule has 0 aromatic heterocycles. The van der Waals surface area contributed by atoms with Crippen LogP contribution < -0.4 is 18.9 Å². The highest BCUT2D eigenvalue weighted by Crippen LogP contribution is 2.51. The van der Waals surface area contributed by atoms with E-state index >= 15 is 0 Å². The summed E-state index contributed by atoms with van der Waals surface area (Å²) in [6.45, 7) is 1.66. The van der Waals surface area contributed by atoms with Crippen molar-refractivity contribution in [2.75, 3.05) is 34.0 Å². The third kappa shape index (κ3) is 3.43. The van der Waals surface area contributed by atoms with E-state index in [2.05, 4.69) is 9.62 Å². The zero-order valence-electron chi connectivity index (χ0n) is 16.0. The molecule has 2 heterocycles. The van der Waals surface area contributed by atoms with Crippen molar-refractivity contribution < 1.29 is 22.6 Å². The van der Waals surface area contributed by atoms with Crippen molar-refractivity contribution >= 4 is 10.0 Å². The Kier molecular flexibility index (Phi) is 5.18. The number of nitrogens with one attached hydrogen (secondary N) is 1. The Hall–Kier alpha value is -2.29. The molecule has 0 radical (unpaired) electrons. The molecule has 0 spiro atoms. The van der Waals surface area contributed by atoms with Crippen LogP contribution >= 0.6 is 0 Å². The largest absolute Gasteiger partial charge is 0.492 e. The number of rotatable bonds is 6. The van der Waals surface area contributed by atoms with Gasteiger partial charge in [0.15, 0.2) is 11.5 Å². The molecule has 0 aliphatic carbocycles. The summed E-state index contributed by atoms with van der Waals surface area (Å²) in [5, 5.41) is 0. The van der Waals surface area contributed by atoms with Crippen molar-refractivity contribution in [2.45, 2.75) is 24.3 Å². The van der Waals surface area contributed by atoms with Gasteiger partial charge in [0.2, 0.25) is 22.6 Å². The standard InChI is InChI=1S/C20H24N2O5S/c1-22-11-9-15-16(12-22)17(25-2)18-19(27-13-26-18)20(15)28(23,24)21-10-8-14-6-4-3-5-7-14/h3-7,21H,8-13H2,1-2H3. The monoisotopic (exact) mass is 404 g/mol. The maximum atomic E-state index is 13.2. The number of sulfonamides is 1. The quantitative estimate of drug-likeness (QED) is 0.793. The van der Waals surface area contributed by atoms with E-state index in [1.54, 1.807) is 7.11 Å². The van der Waals surface area contributed by atoms with E-state index in [0.29, 0.717) is 37.4 Å². The SMILES string of the molecule is COc1c2c(c(S(=O)(=O)NCCc3ccccc3)c3c1OCO3)CCN(C)C2. The zero-order valence-corrected chi connectivity index (χ0v) is 16.8. The van der Waals surface area contributed by atoms with Gasteiger partial charge in [0, 0.05) is 25.2 Å². The molecule has 2 aromatic carbocycles. The summed E-state index contributed by atoms with van der Waals surface area (Å²) in [6, 6.07) is 9.79. The molecule has 2 aliphatic rings. The Balaban J connectivity index is 1.70. The molecule has 4 rings (SSSR count). The Morgan fingerprint density at radius 3 is 2.64 bits per heavy atom. The number of hydrogen-bond acceptors (Lipinski definition) is 6. The summed E-state index contributed by atoms with van der Waals surface area (Å²) in [5.41, 5.74) is 2.68. The summed E-state index contributed by atoms with van der Waals surface area (Å²) in [7, 11) is -0.202. The number of methoxy groups -OCH3 is 1. The number of ether oxygens (including phenoxy) is 3. The summed E-state index contributed by atoms with van der Waals surface area (Å²) < 4.78 is 45.9. The second-order valence-corrected chi connectivity index (χ2v) is 8.71. The van der Waals surface area contributed by atoms with Gasteiger partial charge in [-0.15, -0.1) is 0 Å². The van der Waals surface area contributed by atoms with E-state index in [1.165, 1.54) is 0 Å². The van der Waals surface area contributed by atoms with Gasteiger partial charge in [-0.2, -0.15) is 0 Å². The third-order valence-electron chi connectivity index (χ3n) is 5.13. The van der Waals surface area contributed by atoms with Crippen molar-refractivity contribution in [3.05, 3.63) is 47.0 Å². The molecule has 28 heavy (non-hydrogen) atoms. The van der Waals surface area contributed by atoms with Crippen LogP contribution in [-0.4, -0.2) is 47.4 Å². The fourth-order valence-electron chi connectivity index (χ4n) is 3.79. The minimum absolute atomic E-state index is 0.0169. The fraction of sp³-hybridized carbons (Fsp3) is 0.400. The summed E-state index contributed by atoms with van der Waals surface area (Å²) in [6.07, 6.45) is 1.22. The highest BCUT2D eigenvalue weighted by atomic mass is 32.2. The molecule has 150 valence electrons. The van der Waals surface area contributed by atoms with Crippen molar-refractivity contribution in [2.24, 2.45) is 0 Å². The summed E-state index contributed by atoms with van der Waals surface area (Å²) in [4.78, 5) is 2.32. The lowest BCUT2D eigenvalue weighted by Gasteiger charge is -2.29. The first-order chi connectivity index (χ1) is 13.5. The molecule has 0 atom stereocenters. The lowest BCUT2D eigenvalue weighted by atomic mass is 9.97. The fourth-order valence-corrected chi connectivity index (χ4v) is 5.25. The minimum Gasteiger partial charge on any atom is -0.492 e. The van der Waals surface area contributed by atoms with Crippen LogP contribution in [0.2, 0.25) is 0 Å². The minimum atomic E-state index is -3.77. The van der Waals surface area contributed by atoms with E-state index in [0.717, 1.165) is 23.2 Å². The van der Waals surface area contributed by atoms with Crippen LogP contribution in [0.15, 0.2) is 35.2 Å². The van der Waals surface area contributed by atoms with E-state index in [4.69, 9.17) is 14.2 Å². The van der Waals surface area contributed by atoms with Crippen molar-refractivity contribution in [1.29, 1.82) is 0 Å². The summed E-state index contributed by atoms with van der Waals surface area (Å²) in [5.74, 6) is 1.20. The van der Waals surface area contributed by atoms with Gasteiger partial charge < -0.3 is 19.1 Å². The molecule has 2 aliphatic heterocycles. The lowest BCUT2D eigenvalue weighted by molar-refractivity contribution is 0.169. The molecule has 0 fully saturated rings. The van der Waals surface area contributed by atoms with Crippen LogP contribution in [0.3, 0.4) is 0 Å². The van der Waals surface area contributed by atoms with Gasteiger partial charge in [-0.1, -0.05) is 30.3 Å². The van der Waals surface area contributed by atoms with E-state index in [-0.39, 0.29) is 17.4 Å². The van der Waals surface area contributed by atoms with Gasteiger partial charge in [-0.05, 0) is 31.0 Å². The zero-order chi connectivity index (χ0) is 19.7. The predicted octanol–water partition coefficient (Wildman–Crippen LogP) is 1.93. The van der Waals surface area contributed by atoms with Gasteiger partial charge in [0.1, 0.15) is 4.90 Å². The molecule has 0 amide bonds. The highest BCUT2D eigenvalue weighted by molar-refractivity contribution is 7.89. The first-order valence-corrected chi connectivity index (χ1v) is 10.7. The molecule has 7 nitrogen and oxygen atoms in total. The van der Waals surface area contributed by atoms with E-state index in [9.17, 15) is 8.42 Å². The molecular weight excluding hydrogens is 380 g/mol. The Bertz CT molecular complexity index is 976. The molecule has 8 heteroatoms. The maximum Gasteiger partial charge on any atom is 0.244 e. The van der Waals surface area contributed by atoms with Gasteiger partial charge in [-0.3, -0.25) is 0 Å². The molecule has 1 N–H and O–H groups in total. The average Bonchev–Trinajstić information content (AvgIpc) is 3.15. The second kappa shape index (κ2) is 7.62. The Morgan fingerprint density at radius 2 is 1.89 bits per heavy atom. The van der Waals surface area contributed by atoms with Crippen LogP contribution in [0.1, 0.15) is 16.7 Å². The van der Waals surface area contributed by atoms with Crippen molar-refractivity contribution in [3.63, 3.8) is 0 Å². The van der Waals surface area contributed by atoms with Gasteiger partial charge in [0.05, 0.1) is 7.11 Å². The third-order valence-corrected chi connectivity index (χ3v) is 6.68. The number of nitrogens with zero attached hydrogens (tertiary/aromatic N) is 1. The predicted molar refractivity (Wildman–Crippen MR) is 104 cm³/mol. The average molecular weight is 404 g/mol. The molecule has 2 aromatic rings. The smallest absolute Gasteiger partial charge is 0.244 e. The number of likely N-dealkylation sites (N-methyl/N-ethyl adjacent to an activating group) is 1. The van der Waals surface area contributed by atoms with Crippen molar-refractivity contribution in [3.8, 4) is 17.2 Å². The highest BCUT2D eigenvalue weighted by Gasteiger charge is 2.37. The molecule has 0 saturated heterocycles. The molecular formula is C20H24N2O5S. The van der Waals surface area contributed by atoms with Gasteiger partial charge in [0.25, 0.3) is 0 Å². The van der Waals surface area contributed by atoms with Gasteiger partial charge in [-0.25, -0.2) is 13.1 Å². The van der Waals surface area contributed by atoms with Crippen LogP contribution in [0, 0.1) is 0 Å². The molecule has 0 unspecified atom stereocenters. The van der Waals surface area contributed by atoms with Crippen LogP contribution in [0.25, 0.3) is 0 Å². The lowest BCUT2D eigenvalue weighted by Crippen LogP contribution is -2.32. The number of benzene rings is 2. The Labute approximate surface area is 165 Å². The van der Waals surface area contributed by atoms with Crippen LogP contribution in [0.4, 0.5) is 0 Å². The topological polar surface area (TPSA) is 77.1 Å². The maximum absolute atomic E-state index is 13.2. The van der Waals surface area contributed by atoms with Gasteiger partial charge >= 0.3 is 0 Å². The van der Waals surface area contributed by atoms with Crippen LogP contribution in [0.5, 0.6) is 17.2 Å². The van der Waals surface area contributed by atoms with Crippen LogP contribution in [-0.2, 0) is 29.4 Å². The van der Waals surface area contributed by atoms with E-state index < -0.39 is 10.0 Å².